The van der Waals surface area contributed by atoms with Crippen LogP contribution in [-0.2, 0) is 22.1 Å². The van der Waals surface area contributed by atoms with Crippen molar-refractivity contribution in [3.05, 3.63) is 30.1 Å². The summed E-state index contributed by atoms with van der Waals surface area (Å²) >= 11 is 0. The van der Waals surface area contributed by atoms with Gasteiger partial charge in [0.05, 0.1) is 31.4 Å². The zero-order valence-electron chi connectivity index (χ0n) is 14.3. The quantitative estimate of drug-likeness (QED) is 0.694. The molecule has 0 aliphatic heterocycles. The van der Waals surface area contributed by atoms with E-state index >= 15 is 0 Å². The molecule has 2 rings (SSSR count). The van der Waals surface area contributed by atoms with Gasteiger partial charge < -0.3 is 14.4 Å². The normalized spacial score (nSPS) is 11.7. The Kier molecular flexibility index (Phi) is 5.79. The molecule has 1 heterocycles. The molecule has 0 saturated carbocycles. The van der Waals surface area contributed by atoms with E-state index < -0.39 is 9.84 Å². The van der Waals surface area contributed by atoms with Crippen molar-refractivity contribution in [3.8, 4) is 11.5 Å². The van der Waals surface area contributed by atoms with Crippen molar-refractivity contribution in [2.24, 2.45) is 0 Å². The highest BCUT2D eigenvalue weighted by Crippen LogP contribution is 2.30. The molecule has 0 unspecified atom stereocenters. The van der Waals surface area contributed by atoms with Gasteiger partial charge in [0.25, 0.3) is 0 Å². The SMILES string of the molecule is COc1ccc(S(=O)(=O)Cc2cn(CCN(C)C)nn2)cc1OC. The van der Waals surface area contributed by atoms with Gasteiger partial charge in [-0.15, -0.1) is 5.10 Å². The predicted molar refractivity (Wildman–Crippen MR) is 89.0 cm³/mol. The van der Waals surface area contributed by atoms with Gasteiger partial charge in [0.1, 0.15) is 5.75 Å². The minimum atomic E-state index is -3.55. The van der Waals surface area contributed by atoms with E-state index in [0.717, 1.165) is 6.54 Å². The summed E-state index contributed by atoms with van der Waals surface area (Å²) in [5.74, 6) is 0.629. The lowest BCUT2D eigenvalue weighted by Crippen LogP contribution is -2.18. The van der Waals surface area contributed by atoms with Crippen molar-refractivity contribution < 1.29 is 17.9 Å². The zero-order chi connectivity index (χ0) is 17.7. The molecule has 0 N–H and O–H groups in total. The second-order valence-electron chi connectivity index (χ2n) is 5.55. The van der Waals surface area contributed by atoms with E-state index in [1.807, 2.05) is 19.0 Å². The van der Waals surface area contributed by atoms with Gasteiger partial charge in [0, 0.05) is 18.8 Å². The fourth-order valence-electron chi connectivity index (χ4n) is 2.10. The van der Waals surface area contributed by atoms with Crippen LogP contribution >= 0.6 is 0 Å². The van der Waals surface area contributed by atoms with Crippen LogP contribution in [0.2, 0.25) is 0 Å². The summed E-state index contributed by atoms with van der Waals surface area (Å²) < 4.78 is 37.0. The van der Waals surface area contributed by atoms with Gasteiger partial charge in [-0.25, -0.2) is 8.42 Å². The summed E-state index contributed by atoms with van der Waals surface area (Å²) in [6.45, 7) is 1.45. The standard InChI is InChI=1S/C15H22N4O4S/c1-18(2)7-8-19-10-12(16-17-19)11-24(20,21)13-5-6-14(22-3)15(9-13)23-4/h5-6,9-10H,7-8,11H2,1-4H3. The third kappa shape index (κ3) is 4.45. The van der Waals surface area contributed by atoms with Crippen LogP contribution in [0.3, 0.4) is 0 Å². The summed E-state index contributed by atoms with van der Waals surface area (Å²) in [5.41, 5.74) is 0.406. The van der Waals surface area contributed by atoms with E-state index in [0.29, 0.717) is 23.7 Å². The summed E-state index contributed by atoms with van der Waals surface area (Å²) in [5, 5.41) is 7.90. The van der Waals surface area contributed by atoms with Crippen LogP contribution < -0.4 is 9.47 Å². The lowest BCUT2D eigenvalue weighted by molar-refractivity contribution is 0.354. The number of methoxy groups -OCH3 is 2. The van der Waals surface area contributed by atoms with Gasteiger partial charge in [-0.3, -0.25) is 4.68 Å². The van der Waals surface area contributed by atoms with Crippen LogP contribution in [0, 0.1) is 0 Å². The highest BCUT2D eigenvalue weighted by atomic mass is 32.2. The van der Waals surface area contributed by atoms with Crippen LogP contribution in [-0.4, -0.2) is 63.2 Å². The molecular formula is C15H22N4O4S. The molecular weight excluding hydrogens is 332 g/mol. The lowest BCUT2D eigenvalue weighted by Gasteiger charge is -2.09. The average Bonchev–Trinajstić information content (AvgIpc) is 2.98. The zero-order valence-corrected chi connectivity index (χ0v) is 15.1. The van der Waals surface area contributed by atoms with Crippen molar-refractivity contribution in [1.29, 1.82) is 0 Å². The van der Waals surface area contributed by atoms with Crippen molar-refractivity contribution in [1.82, 2.24) is 19.9 Å². The minimum absolute atomic E-state index is 0.156. The molecule has 0 bridgehead atoms. The first kappa shape index (κ1) is 18.2. The van der Waals surface area contributed by atoms with Gasteiger partial charge >= 0.3 is 0 Å². The number of nitrogens with zero attached hydrogens (tertiary/aromatic N) is 4. The topological polar surface area (TPSA) is 86.6 Å². The lowest BCUT2D eigenvalue weighted by atomic mass is 10.3. The van der Waals surface area contributed by atoms with Gasteiger partial charge in [0.15, 0.2) is 21.3 Å². The van der Waals surface area contributed by atoms with Crippen molar-refractivity contribution in [2.75, 3.05) is 34.9 Å². The number of hydrogen-bond donors (Lipinski definition) is 0. The molecule has 0 radical (unpaired) electrons. The summed E-state index contributed by atoms with van der Waals surface area (Å²) in [4.78, 5) is 2.17. The first-order valence-corrected chi connectivity index (χ1v) is 8.99. The van der Waals surface area contributed by atoms with Crippen LogP contribution in [0.25, 0.3) is 0 Å². The molecule has 0 amide bonds. The fourth-order valence-corrected chi connectivity index (χ4v) is 3.35. The molecule has 132 valence electrons. The van der Waals surface area contributed by atoms with Crippen molar-refractivity contribution in [2.45, 2.75) is 17.2 Å². The highest BCUT2D eigenvalue weighted by molar-refractivity contribution is 7.90. The first-order chi connectivity index (χ1) is 11.4. The fraction of sp³-hybridized carbons (Fsp3) is 0.467. The molecule has 1 aromatic heterocycles. The average molecular weight is 354 g/mol. The summed E-state index contributed by atoms with van der Waals surface area (Å²) in [7, 11) is 3.33. The molecule has 1 aromatic carbocycles. The van der Waals surface area contributed by atoms with Crippen molar-refractivity contribution >= 4 is 9.84 Å². The van der Waals surface area contributed by atoms with E-state index in [4.69, 9.17) is 9.47 Å². The van der Waals surface area contributed by atoms with Crippen LogP contribution in [0.1, 0.15) is 5.69 Å². The monoisotopic (exact) mass is 354 g/mol. The third-order valence-corrected chi connectivity index (χ3v) is 5.06. The maximum absolute atomic E-state index is 12.6. The Morgan fingerprint density at radius 3 is 2.50 bits per heavy atom. The van der Waals surface area contributed by atoms with E-state index in [1.165, 1.54) is 26.4 Å². The number of rotatable bonds is 8. The molecule has 0 fully saturated rings. The Morgan fingerprint density at radius 1 is 1.17 bits per heavy atom. The number of hydrogen-bond acceptors (Lipinski definition) is 7. The Balaban J connectivity index is 2.16. The summed E-state index contributed by atoms with van der Waals surface area (Å²) in [6, 6.07) is 4.51. The van der Waals surface area contributed by atoms with Gasteiger partial charge in [-0.2, -0.15) is 0 Å². The Hall–Kier alpha value is -2.13. The van der Waals surface area contributed by atoms with E-state index in [2.05, 4.69) is 10.3 Å². The second kappa shape index (κ2) is 7.63. The third-order valence-electron chi connectivity index (χ3n) is 3.41. The maximum Gasteiger partial charge on any atom is 0.184 e. The number of likely N-dealkylation sites (N-methyl/N-ethyl adjacent to an activating group) is 1. The van der Waals surface area contributed by atoms with E-state index in [9.17, 15) is 8.42 Å². The van der Waals surface area contributed by atoms with Crippen molar-refractivity contribution in [3.63, 3.8) is 0 Å². The molecule has 9 heteroatoms. The predicted octanol–water partition coefficient (Wildman–Crippen LogP) is 0.831. The number of aromatic nitrogens is 3. The second-order valence-corrected chi connectivity index (χ2v) is 7.54. The Bertz CT molecular complexity index is 787. The minimum Gasteiger partial charge on any atom is -0.493 e. The largest absolute Gasteiger partial charge is 0.493 e. The molecule has 8 nitrogen and oxygen atoms in total. The number of benzene rings is 1. The van der Waals surface area contributed by atoms with Gasteiger partial charge in [-0.1, -0.05) is 5.21 Å². The molecule has 0 aliphatic carbocycles. The Labute approximate surface area is 141 Å². The summed E-state index contributed by atoms with van der Waals surface area (Å²) in [6.07, 6.45) is 1.65. The van der Waals surface area contributed by atoms with Crippen LogP contribution in [0.5, 0.6) is 11.5 Å². The van der Waals surface area contributed by atoms with Crippen LogP contribution in [0.4, 0.5) is 0 Å². The first-order valence-electron chi connectivity index (χ1n) is 7.34. The van der Waals surface area contributed by atoms with E-state index in [-0.39, 0.29) is 10.6 Å². The molecule has 0 atom stereocenters. The number of sulfone groups is 1. The number of ether oxygens (including phenoxy) is 2. The van der Waals surface area contributed by atoms with E-state index in [1.54, 1.807) is 16.9 Å². The van der Waals surface area contributed by atoms with Crippen LogP contribution in [0.15, 0.2) is 29.3 Å². The highest BCUT2D eigenvalue weighted by Gasteiger charge is 2.20. The molecule has 0 saturated heterocycles. The molecule has 0 aliphatic rings. The Morgan fingerprint density at radius 2 is 1.88 bits per heavy atom. The molecule has 0 spiro atoms. The molecule has 24 heavy (non-hydrogen) atoms. The smallest absolute Gasteiger partial charge is 0.184 e. The maximum atomic E-state index is 12.6. The van der Waals surface area contributed by atoms with Gasteiger partial charge in [0.2, 0.25) is 0 Å². The molecule has 2 aromatic rings. The van der Waals surface area contributed by atoms with Gasteiger partial charge in [-0.05, 0) is 26.2 Å².